The number of hydrogen-bond donors (Lipinski definition) is 0. The highest BCUT2D eigenvalue weighted by atomic mass is 15.0. The Morgan fingerprint density at radius 2 is 0.396 bits per heavy atom. The van der Waals surface area contributed by atoms with E-state index in [1.54, 1.807) is 0 Å². The minimum Gasteiger partial charge on any atom is -0.309 e. The van der Waals surface area contributed by atoms with Gasteiger partial charge in [-0.2, -0.15) is 31.6 Å². The van der Waals surface area contributed by atoms with Crippen LogP contribution in [0, 0.1) is 68.0 Å². The van der Waals surface area contributed by atoms with Gasteiger partial charge in [0.15, 0.2) is 0 Å². The topological polar surface area (TPSA) is 172 Å². The minimum atomic E-state index is 0.634. The largest absolute Gasteiger partial charge is 0.309 e. The average Bonchev–Trinajstić information content (AvgIpc) is 1.57. The van der Waals surface area contributed by atoms with E-state index in [0.717, 1.165) is 221 Å². The molecule has 0 aliphatic rings. The van der Waals surface area contributed by atoms with E-state index in [1.165, 1.54) is 10.8 Å². The average molecular weight is 1830 g/mol. The Kier molecular flexibility index (Phi) is 21.0. The van der Waals surface area contributed by atoms with Gasteiger partial charge in [0.05, 0.1) is 136 Å². The van der Waals surface area contributed by atoms with Crippen molar-refractivity contribution in [2.75, 3.05) is 0 Å². The second-order valence-corrected chi connectivity index (χ2v) is 36.0. The number of nitrogens with zero attached hydrogens (tertiary/aromatic N) is 12. The van der Waals surface area contributed by atoms with Crippen LogP contribution in [-0.2, 0) is 0 Å². The maximum absolute atomic E-state index is 9.95. The highest BCUT2D eigenvalue weighted by Crippen LogP contribution is 2.49. The second kappa shape index (κ2) is 35.5. The number of benzene rings is 21. The summed E-state index contributed by atoms with van der Waals surface area (Å²) in [6, 6.07) is 177. The van der Waals surface area contributed by atoms with Crippen molar-refractivity contribution in [3.05, 3.63) is 507 Å². The Balaban J connectivity index is 0.000000113. The van der Waals surface area contributed by atoms with Crippen LogP contribution in [0.5, 0.6) is 0 Å². The van der Waals surface area contributed by atoms with Gasteiger partial charge in [-0.05, 0) is 250 Å². The zero-order valence-electron chi connectivity index (χ0n) is 77.4. The molecule has 27 rings (SSSR count). The molecule has 0 spiro atoms. The number of rotatable bonds is 12. The normalized spacial score (nSPS) is 11.3. The fourth-order valence-corrected chi connectivity index (χ4v) is 21.9. The molecule has 0 amide bonds. The van der Waals surface area contributed by atoms with Crippen molar-refractivity contribution in [2.24, 2.45) is 0 Å². The second-order valence-electron chi connectivity index (χ2n) is 36.0. The third kappa shape index (κ3) is 14.2. The van der Waals surface area contributed by atoms with Crippen LogP contribution in [0.15, 0.2) is 473 Å². The molecule has 0 fully saturated rings. The quantitative estimate of drug-likeness (QED) is 0.118. The molecule has 0 saturated carbocycles. The number of para-hydroxylation sites is 10. The Labute approximate surface area is 827 Å². The summed E-state index contributed by atoms with van der Waals surface area (Å²) < 4.78 is 13.7. The summed E-state index contributed by atoms with van der Waals surface area (Å²) in [6.07, 6.45) is 0. The molecule has 21 aromatic carbocycles. The lowest BCUT2D eigenvalue weighted by molar-refractivity contribution is 1.17. The van der Waals surface area contributed by atoms with Gasteiger partial charge in [0.25, 0.3) is 0 Å². The van der Waals surface area contributed by atoms with Crippen LogP contribution in [0.25, 0.3) is 232 Å². The van der Waals surface area contributed by atoms with E-state index in [1.807, 2.05) is 121 Å². The third-order valence-electron chi connectivity index (χ3n) is 28.1. The molecule has 0 atom stereocenters. The van der Waals surface area contributed by atoms with Gasteiger partial charge in [0, 0.05) is 110 Å². The van der Waals surface area contributed by atoms with Gasteiger partial charge in [0.1, 0.15) is 6.07 Å². The molecule has 0 bridgehead atoms. The van der Waals surface area contributed by atoms with E-state index < -0.39 is 0 Å². The summed E-state index contributed by atoms with van der Waals surface area (Å²) >= 11 is 0. The fraction of sp³-hybridized carbons (Fsp3) is 0. The van der Waals surface area contributed by atoms with Gasteiger partial charge in [-0.15, -0.1) is 0 Å². The smallest absolute Gasteiger partial charge is 0.101 e. The zero-order valence-corrected chi connectivity index (χ0v) is 77.4. The zero-order chi connectivity index (χ0) is 96.6. The number of nitriles is 6. The van der Waals surface area contributed by atoms with Crippen molar-refractivity contribution in [3.8, 4) is 137 Å². The summed E-state index contributed by atoms with van der Waals surface area (Å²) in [7, 11) is 0. The molecule has 0 aliphatic heterocycles. The Hall–Kier alpha value is -20.6. The van der Waals surface area contributed by atoms with Crippen LogP contribution in [-0.4, -0.2) is 27.4 Å². The monoisotopic (exact) mass is 1830 g/mol. The van der Waals surface area contributed by atoms with E-state index in [9.17, 15) is 31.6 Å². The molecule has 666 valence electrons. The van der Waals surface area contributed by atoms with Crippen molar-refractivity contribution < 1.29 is 0 Å². The van der Waals surface area contributed by atoms with Crippen molar-refractivity contribution in [1.29, 1.82) is 31.6 Å². The summed E-state index contributed by atoms with van der Waals surface area (Å²) in [6.45, 7) is 0. The molecular weight excluding hydrogens is 1750 g/mol. The molecule has 144 heavy (non-hydrogen) atoms. The van der Waals surface area contributed by atoms with E-state index in [-0.39, 0.29) is 0 Å². The maximum atomic E-state index is 9.95. The first-order valence-electron chi connectivity index (χ1n) is 47.7. The Bertz CT molecular complexity index is 10200. The predicted molar refractivity (Wildman–Crippen MR) is 586 cm³/mol. The summed E-state index contributed by atoms with van der Waals surface area (Å²) in [5.41, 5.74) is 36.5. The maximum Gasteiger partial charge on any atom is 0.101 e. The number of fused-ring (bicyclic) bond motifs is 18. The Morgan fingerprint density at radius 3 is 0.778 bits per heavy atom. The SMILES string of the molecule is N#Cc1ccc(-n2c3ccccc3c3cc(-c4ccccc4-c4cccc5c6cc(C#N)ccc6n(-c6ccccc6)c45)ccc32)cc1.N#Cc1ccc2c(c1)c1cccc(-c3ccccc3-c3ccc4c(c3)c3ccccc3n4-c3ccccc3C#N)c1n2-c1ccccc1.N#Cc1cccc(-n2c3ccccc3c3cc(-c4ccccc4-c4cccc5c6cc(C#N)ccc6n(-c6ccccc6)c45)ccc32)c1. The lowest BCUT2D eigenvalue weighted by Crippen LogP contribution is -1.97. The molecule has 0 unspecified atom stereocenters. The van der Waals surface area contributed by atoms with E-state index in [0.29, 0.717) is 33.4 Å². The van der Waals surface area contributed by atoms with Crippen LogP contribution in [0.1, 0.15) is 33.4 Å². The molecule has 12 nitrogen and oxygen atoms in total. The predicted octanol–water partition coefficient (Wildman–Crippen LogP) is 32.9. The van der Waals surface area contributed by atoms with Crippen LogP contribution in [0.3, 0.4) is 0 Å². The molecule has 6 aromatic heterocycles. The van der Waals surface area contributed by atoms with E-state index in [2.05, 4.69) is 416 Å². The van der Waals surface area contributed by atoms with Crippen LogP contribution in [0.4, 0.5) is 0 Å². The molecule has 6 heterocycles. The molecule has 0 N–H and O–H groups in total. The minimum absolute atomic E-state index is 0.634. The summed E-state index contributed by atoms with van der Waals surface area (Å²) in [4.78, 5) is 0. The molecule has 0 radical (unpaired) electrons. The van der Waals surface area contributed by atoms with E-state index >= 15 is 0 Å². The van der Waals surface area contributed by atoms with Crippen molar-refractivity contribution >= 4 is 131 Å². The lowest BCUT2D eigenvalue weighted by Gasteiger charge is -2.15. The summed E-state index contributed by atoms with van der Waals surface area (Å²) in [5, 5.41) is 71.6. The molecular formula is C132H78N12. The first kappa shape index (κ1) is 85.1. The fourth-order valence-electron chi connectivity index (χ4n) is 21.9. The highest BCUT2D eigenvalue weighted by Gasteiger charge is 2.27. The van der Waals surface area contributed by atoms with Gasteiger partial charge in [-0.1, -0.05) is 273 Å². The van der Waals surface area contributed by atoms with Crippen LogP contribution in [0.2, 0.25) is 0 Å². The van der Waals surface area contributed by atoms with E-state index in [4.69, 9.17) is 0 Å². The van der Waals surface area contributed by atoms with Gasteiger partial charge < -0.3 is 27.4 Å². The van der Waals surface area contributed by atoms with Crippen molar-refractivity contribution in [2.45, 2.75) is 0 Å². The van der Waals surface area contributed by atoms with Crippen LogP contribution >= 0.6 is 0 Å². The Morgan fingerprint density at radius 1 is 0.139 bits per heavy atom. The molecule has 0 saturated heterocycles. The van der Waals surface area contributed by atoms with Gasteiger partial charge in [0.2, 0.25) is 0 Å². The molecule has 12 heteroatoms. The first-order valence-corrected chi connectivity index (χ1v) is 47.7. The van der Waals surface area contributed by atoms with Crippen molar-refractivity contribution in [1.82, 2.24) is 27.4 Å². The van der Waals surface area contributed by atoms with Gasteiger partial charge >= 0.3 is 0 Å². The highest BCUT2D eigenvalue weighted by molar-refractivity contribution is 6.20. The third-order valence-corrected chi connectivity index (χ3v) is 28.1. The first-order chi connectivity index (χ1) is 71.2. The van der Waals surface area contributed by atoms with Crippen LogP contribution < -0.4 is 0 Å². The molecule has 27 aromatic rings. The summed E-state index contributed by atoms with van der Waals surface area (Å²) in [5.74, 6) is 0. The number of hydrogen-bond acceptors (Lipinski definition) is 6. The number of aromatic nitrogens is 6. The standard InChI is InChI=1S/3C44H26N4/c45-27-29-21-23-42-38(25-29)37-18-10-17-36(44(37)47(42)32-12-2-1-3-13-32)34-15-6-5-14-33(34)30-22-24-43-39(26-30)35-16-7-9-20-41(35)48(43)40-19-8-4-11-31(40)28-46;45-27-29-10-8-13-33(24-29)47-41-19-7-6-16-36(41)40-26-31(21-23-42(40)47)34-14-4-5-15-35(34)37-17-9-18-38-39-25-30(28-46)20-22-43(39)48(44(37)38)32-11-2-1-3-12-32;45-27-29-17-21-33(22-18-29)47-41-16-7-6-13-36(41)40-26-31(20-24-42(40)47)34-11-4-5-12-35(34)37-14-8-15-38-39-25-30(28-46)19-23-43(39)48(44(37)38)32-9-2-1-3-10-32/h3*1-26H. The van der Waals surface area contributed by atoms with Gasteiger partial charge in [-0.3, -0.25) is 0 Å². The lowest BCUT2D eigenvalue weighted by atomic mass is 9.92. The van der Waals surface area contributed by atoms with Gasteiger partial charge in [-0.25, -0.2) is 0 Å². The van der Waals surface area contributed by atoms with Crippen molar-refractivity contribution in [3.63, 3.8) is 0 Å². The molecule has 0 aliphatic carbocycles.